The van der Waals surface area contributed by atoms with Gasteiger partial charge >= 0.3 is 0 Å². The summed E-state index contributed by atoms with van der Waals surface area (Å²) in [7, 11) is 0. The summed E-state index contributed by atoms with van der Waals surface area (Å²) >= 11 is 11.9. The second kappa shape index (κ2) is 7.45. The Morgan fingerprint density at radius 3 is 2.88 bits per heavy atom. The van der Waals surface area contributed by atoms with Gasteiger partial charge in [0.05, 0.1) is 22.3 Å². The molecule has 1 aromatic heterocycles. The van der Waals surface area contributed by atoms with Crippen LogP contribution in [0, 0.1) is 6.92 Å². The summed E-state index contributed by atoms with van der Waals surface area (Å²) in [5, 5.41) is 8.03. The molecule has 0 bridgehead atoms. The van der Waals surface area contributed by atoms with Crippen molar-refractivity contribution in [1.29, 1.82) is 0 Å². The number of carbonyl (C=O) groups is 2. The number of halogens is 2. The third kappa shape index (κ3) is 3.65. The minimum Gasteiger partial charge on any atom is -0.357 e. The quantitative estimate of drug-likeness (QED) is 0.639. The van der Waals surface area contributed by atoms with Gasteiger partial charge in [0, 0.05) is 42.9 Å². The first-order chi connectivity index (χ1) is 12.0. The lowest BCUT2D eigenvalue weighted by atomic mass is 10.0. The highest BCUT2D eigenvalue weighted by Gasteiger charge is 2.26. The number of fused-ring (bicyclic) bond motifs is 1. The van der Waals surface area contributed by atoms with Gasteiger partial charge in [0.25, 0.3) is 5.91 Å². The van der Waals surface area contributed by atoms with Gasteiger partial charge in [-0.2, -0.15) is 5.10 Å². The molecule has 0 spiro atoms. The zero-order valence-corrected chi connectivity index (χ0v) is 15.3. The Balaban J connectivity index is 1.77. The zero-order valence-electron chi connectivity index (χ0n) is 13.8. The van der Waals surface area contributed by atoms with Crippen molar-refractivity contribution in [3.8, 4) is 0 Å². The molecule has 0 saturated carbocycles. The van der Waals surface area contributed by atoms with Crippen molar-refractivity contribution in [2.24, 2.45) is 0 Å². The van der Waals surface area contributed by atoms with Crippen LogP contribution in [0.4, 0.5) is 0 Å². The summed E-state index contributed by atoms with van der Waals surface area (Å²) in [5.74, 6) is -0.0704. The van der Waals surface area contributed by atoms with E-state index in [0.29, 0.717) is 54.6 Å². The molecule has 1 aliphatic heterocycles. The van der Waals surface area contributed by atoms with Gasteiger partial charge in [-0.1, -0.05) is 23.2 Å². The van der Waals surface area contributed by atoms with Gasteiger partial charge in [-0.15, -0.1) is 0 Å². The van der Waals surface area contributed by atoms with Gasteiger partial charge in [0.15, 0.2) is 0 Å². The fourth-order valence-electron chi connectivity index (χ4n) is 3.00. The highest BCUT2D eigenvalue weighted by atomic mass is 35.5. The number of hydrogen-bond acceptors (Lipinski definition) is 3. The number of amides is 2. The number of rotatable bonds is 5. The summed E-state index contributed by atoms with van der Waals surface area (Å²) in [6.45, 7) is 4.24. The molecular weight excluding hydrogens is 363 g/mol. The Morgan fingerprint density at radius 1 is 1.36 bits per heavy atom. The van der Waals surface area contributed by atoms with Crippen molar-refractivity contribution in [2.75, 3.05) is 13.1 Å². The third-order valence-corrected chi connectivity index (χ3v) is 5.13. The van der Waals surface area contributed by atoms with E-state index in [4.69, 9.17) is 23.2 Å². The maximum absolute atomic E-state index is 12.8. The van der Waals surface area contributed by atoms with Crippen molar-refractivity contribution in [3.05, 3.63) is 50.8 Å². The average molecular weight is 381 g/mol. The van der Waals surface area contributed by atoms with Crippen LogP contribution in [-0.4, -0.2) is 40.1 Å². The number of nitrogens with zero attached hydrogens (tertiary/aromatic N) is 3. The standard InChI is InChI=1S/C17H18Cl2N4O2/c1-11-13-9-22(17(25)12-2-3-14(18)15(19)8-12)6-4-16(13)21-23(11)7-5-20-10-24/h2-3,8,10H,4-7,9H2,1H3,(H,20,24). The van der Waals surface area contributed by atoms with E-state index in [1.807, 2.05) is 11.6 Å². The molecule has 0 unspecified atom stereocenters. The van der Waals surface area contributed by atoms with Gasteiger partial charge < -0.3 is 10.2 Å². The fourth-order valence-corrected chi connectivity index (χ4v) is 3.29. The molecule has 2 aromatic rings. The van der Waals surface area contributed by atoms with Crippen molar-refractivity contribution >= 4 is 35.5 Å². The molecule has 3 rings (SSSR count). The molecule has 132 valence electrons. The summed E-state index contributed by atoms with van der Waals surface area (Å²) in [6, 6.07) is 4.92. The molecule has 0 aliphatic carbocycles. The number of carbonyl (C=O) groups excluding carboxylic acids is 2. The monoisotopic (exact) mass is 380 g/mol. The molecule has 0 fully saturated rings. The first-order valence-electron chi connectivity index (χ1n) is 7.97. The Morgan fingerprint density at radius 2 is 2.16 bits per heavy atom. The normalized spacial score (nSPS) is 13.5. The topological polar surface area (TPSA) is 67.2 Å². The smallest absolute Gasteiger partial charge is 0.254 e. The Hall–Kier alpha value is -2.05. The summed E-state index contributed by atoms with van der Waals surface area (Å²) in [4.78, 5) is 24.9. The molecule has 0 saturated heterocycles. The maximum atomic E-state index is 12.8. The van der Waals surface area contributed by atoms with Crippen LogP contribution in [0.15, 0.2) is 18.2 Å². The number of benzene rings is 1. The molecule has 2 amide bonds. The molecule has 1 N–H and O–H groups in total. The second-order valence-electron chi connectivity index (χ2n) is 5.91. The average Bonchev–Trinajstić information content (AvgIpc) is 2.92. The third-order valence-electron chi connectivity index (χ3n) is 4.39. The second-order valence-corrected chi connectivity index (χ2v) is 6.73. The van der Waals surface area contributed by atoms with Crippen molar-refractivity contribution in [3.63, 3.8) is 0 Å². The van der Waals surface area contributed by atoms with Crippen LogP contribution in [0.3, 0.4) is 0 Å². The van der Waals surface area contributed by atoms with Gasteiger partial charge in [-0.3, -0.25) is 14.3 Å². The molecule has 1 aliphatic rings. The fraction of sp³-hybridized carbons (Fsp3) is 0.353. The van der Waals surface area contributed by atoms with Crippen molar-refractivity contribution < 1.29 is 9.59 Å². The molecule has 8 heteroatoms. The van der Waals surface area contributed by atoms with Crippen LogP contribution in [0.1, 0.15) is 27.3 Å². The first-order valence-corrected chi connectivity index (χ1v) is 8.73. The molecule has 0 radical (unpaired) electrons. The van der Waals surface area contributed by atoms with E-state index in [9.17, 15) is 9.59 Å². The van der Waals surface area contributed by atoms with Gasteiger partial charge in [-0.25, -0.2) is 0 Å². The molecule has 25 heavy (non-hydrogen) atoms. The number of aromatic nitrogens is 2. The van der Waals surface area contributed by atoms with E-state index in [2.05, 4.69) is 10.4 Å². The lowest BCUT2D eigenvalue weighted by Crippen LogP contribution is -2.36. The van der Waals surface area contributed by atoms with E-state index in [0.717, 1.165) is 17.0 Å². The largest absolute Gasteiger partial charge is 0.357 e. The molecule has 2 heterocycles. The van der Waals surface area contributed by atoms with E-state index >= 15 is 0 Å². The lowest BCUT2D eigenvalue weighted by Gasteiger charge is -2.27. The van der Waals surface area contributed by atoms with Crippen LogP contribution >= 0.6 is 23.2 Å². The van der Waals surface area contributed by atoms with Crippen LogP contribution in [0.5, 0.6) is 0 Å². The van der Waals surface area contributed by atoms with Crippen LogP contribution in [0.25, 0.3) is 0 Å². The van der Waals surface area contributed by atoms with Crippen LogP contribution in [0.2, 0.25) is 10.0 Å². The maximum Gasteiger partial charge on any atom is 0.254 e. The number of nitrogens with one attached hydrogen (secondary N) is 1. The van der Waals surface area contributed by atoms with E-state index in [1.54, 1.807) is 23.1 Å². The van der Waals surface area contributed by atoms with Crippen LogP contribution < -0.4 is 5.32 Å². The SMILES string of the molecule is Cc1c2c(nn1CCNC=O)CCN(C(=O)c1ccc(Cl)c(Cl)c1)C2. The van der Waals surface area contributed by atoms with Gasteiger partial charge in [-0.05, 0) is 25.1 Å². The Bertz CT molecular complexity index is 819. The van der Waals surface area contributed by atoms with Crippen LogP contribution in [-0.2, 0) is 24.3 Å². The van der Waals surface area contributed by atoms with Gasteiger partial charge in [0.2, 0.25) is 6.41 Å². The first kappa shape index (κ1) is 17.8. The molecule has 0 atom stereocenters. The highest BCUT2D eigenvalue weighted by Crippen LogP contribution is 2.26. The predicted molar refractivity (Wildman–Crippen MR) is 95.9 cm³/mol. The summed E-state index contributed by atoms with van der Waals surface area (Å²) in [5.41, 5.74) is 3.64. The molecular formula is C17H18Cl2N4O2. The minimum atomic E-state index is -0.0704. The van der Waals surface area contributed by atoms with Crippen molar-refractivity contribution in [2.45, 2.75) is 26.4 Å². The lowest BCUT2D eigenvalue weighted by molar-refractivity contribution is -0.109. The molecule has 1 aromatic carbocycles. The van der Waals surface area contributed by atoms with Gasteiger partial charge in [0.1, 0.15) is 0 Å². The summed E-state index contributed by atoms with van der Waals surface area (Å²) in [6.07, 6.45) is 1.38. The predicted octanol–water partition coefficient (Wildman–Crippen LogP) is 2.44. The number of hydrogen-bond donors (Lipinski definition) is 1. The summed E-state index contributed by atoms with van der Waals surface area (Å²) < 4.78 is 1.88. The van der Waals surface area contributed by atoms with E-state index < -0.39 is 0 Å². The van der Waals surface area contributed by atoms with Crippen molar-refractivity contribution in [1.82, 2.24) is 20.0 Å². The highest BCUT2D eigenvalue weighted by molar-refractivity contribution is 6.42. The zero-order chi connectivity index (χ0) is 18.0. The Labute approximate surface area is 155 Å². The Kier molecular flexibility index (Phi) is 5.30. The van der Waals surface area contributed by atoms with E-state index in [1.165, 1.54) is 0 Å². The van der Waals surface area contributed by atoms with E-state index in [-0.39, 0.29) is 5.91 Å². The molecule has 6 nitrogen and oxygen atoms in total. The minimum absolute atomic E-state index is 0.0704.